The van der Waals surface area contributed by atoms with Crippen LogP contribution in [0.4, 0.5) is 0 Å². The summed E-state index contributed by atoms with van der Waals surface area (Å²) < 4.78 is 2.07. The van der Waals surface area contributed by atoms with Crippen molar-refractivity contribution < 1.29 is 0 Å². The Morgan fingerprint density at radius 3 is 3.00 bits per heavy atom. The van der Waals surface area contributed by atoms with Gasteiger partial charge in [-0.1, -0.05) is 19.1 Å². The second-order valence-electron chi connectivity index (χ2n) is 4.44. The first-order valence-electron chi connectivity index (χ1n) is 6.45. The molecule has 1 N–H and O–H groups in total. The number of rotatable bonds is 4. The quantitative estimate of drug-likeness (QED) is 0.776. The molecule has 0 amide bonds. The van der Waals surface area contributed by atoms with Gasteiger partial charge in [0.25, 0.3) is 0 Å². The summed E-state index contributed by atoms with van der Waals surface area (Å²) in [5.74, 6) is 0. The third kappa shape index (κ3) is 2.35. The molecule has 3 aromatic rings. The predicted molar refractivity (Wildman–Crippen MR) is 76.2 cm³/mol. The Morgan fingerprint density at radius 1 is 1.21 bits per heavy atom. The normalized spacial score (nSPS) is 11.0. The zero-order chi connectivity index (χ0) is 13.1. The molecule has 0 fully saturated rings. The summed E-state index contributed by atoms with van der Waals surface area (Å²) in [7, 11) is 0. The molecular weight excluding hydrogens is 236 g/mol. The van der Waals surface area contributed by atoms with Gasteiger partial charge in [-0.15, -0.1) is 0 Å². The summed E-state index contributed by atoms with van der Waals surface area (Å²) in [4.78, 5) is 8.72. The monoisotopic (exact) mass is 252 g/mol. The maximum atomic E-state index is 4.41. The van der Waals surface area contributed by atoms with E-state index >= 15 is 0 Å². The third-order valence-electron chi connectivity index (χ3n) is 3.09. The van der Waals surface area contributed by atoms with Gasteiger partial charge in [-0.05, 0) is 30.3 Å². The number of nitrogens with one attached hydrogen (secondary N) is 1. The van der Waals surface area contributed by atoms with Crippen LogP contribution < -0.4 is 5.32 Å². The fourth-order valence-corrected chi connectivity index (χ4v) is 2.14. The highest BCUT2D eigenvalue weighted by molar-refractivity contribution is 5.77. The van der Waals surface area contributed by atoms with Crippen LogP contribution in [0.15, 0.2) is 49.1 Å². The Kier molecular flexibility index (Phi) is 3.25. The van der Waals surface area contributed by atoms with Crippen LogP contribution in [0.1, 0.15) is 12.5 Å². The molecule has 3 rings (SSSR count). The van der Waals surface area contributed by atoms with Crippen LogP contribution in [-0.2, 0) is 6.54 Å². The van der Waals surface area contributed by atoms with Gasteiger partial charge in [-0.25, -0.2) is 4.98 Å². The first-order chi connectivity index (χ1) is 9.38. The molecule has 0 aliphatic rings. The van der Waals surface area contributed by atoms with Crippen molar-refractivity contribution in [2.45, 2.75) is 13.5 Å². The molecule has 0 atom stereocenters. The number of para-hydroxylation sites is 2. The topological polar surface area (TPSA) is 42.7 Å². The minimum absolute atomic E-state index is 0.837. The zero-order valence-corrected chi connectivity index (χ0v) is 10.9. The van der Waals surface area contributed by atoms with Crippen LogP contribution in [-0.4, -0.2) is 21.1 Å². The molecule has 0 bridgehead atoms. The molecule has 0 spiro atoms. The van der Waals surface area contributed by atoms with Crippen molar-refractivity contribution in [3.8, 4) is 5.69 Å². The van der Waals surface area contributed by atoms with Crippen LogP contribution in [0.5, 0.6) is 0 Å². The minimum atomic E-state index is 0.837. The third-order valence-corrected chi connectivity index (χ3v) is 3.09. The fourth-order valence-electron chi connectivity index (χ4n) is 2.14. The van der Waals surface area contributed by atoms with Crippen molar-refractivity contribution in [3.63, 3.8) is 0 Å². The molecule has 0 radical (unpaired) electrons. The van der Waals surface area contributed by atoms with Gasteiger partial charge >= 0.3 is 0 Å². The lowest BCUT2D eigenvalue weighted by Gasteiger charge is -2.07. The molecule has 1 aromatic carbocycles. The van der Waals surface area contributed by atoms with Gasteiger partial charge in [0.2, 0.25) is 0 Å². The molecule has 0 saturated carbocycles. The maximum Gasteiger partial charge on any atom is 0.100 e. The Morgan fingerprint density at radius 2 is 2.11 bits per heavy atom. The summed E-state index contributed by atoms with van der Waals surface area (Å²) in [6.07, 6.45) is 5.60. The SMILES string of the molecule is CCNCc1cncc(-n2cnc3ccccc32)c1. The predicted octanol–water partition coefficient (Wildman–Crippen LogP) is 2.53. The number of aromatic nitrogens is 3. The van der Waals surface area contributed by atoms with Crippen LogP contribution in [0, 0.1) is 0 Å². The molecule has 2 aromatic heterocycles. The largest absolute Gasteiger partial charge is 0.313 e. The van der Waals surface area contributed by atoms with Crippen LogP contribution in [0.2, 0.25) is 0 Å². The molecule has 2 heterocycles. The smallest absolute Gasteiger partial charge is 0.100 e. The van der Waals surface area contributed by atoms with E-state index in [2.05, 4.69) is 38.9 Å². The van der Waals surface area contributed by atoms with Crippen molar-refractivity contribution in [1.29, 1.82) is 0 Å². The molecule has 0 aliphatic heterocycles. The minimum Gasteiger partial charge on any atom is -0.313 e. The molecule has 4 nitrogen and oxygen atoms in total. The number of benzene rings is 1. The average Bonchev–Trinajstić information content (AvgIpc) is 2.89. The summed E-state index contributed by atoms with van der Waals surface area (Å²) in [5.41, 5.74) is 4.32. The molecule has 19 heavy (non-hydrogen) atoms. The van der Waals surface area contributed by atoms with E-state index in [1.54, 1.807) is 0 Å². The fraction of sp³-hybridized carbons (Fsp3) is 0.200. The van der Waals surface area contributed by atoms with Crippen molar-refractivity contribution in [2.24, 2.45) is 0 Å². The van der Waals surface area contributed by atoms with Crippen LogP contribution >= 0.6 is 0 Å². The van der Waals surface area contributed by atoms with E-state index in [4.69, 9.17) is 0 Å². The van der Waals surface area contributed by atoms with Gasteiger partial charge in [-0.3, -0.25) is 9.55 Å². The molecule has 4 heteroatoms. The number of nitrogens with zero attached hydrogens (tertiary/aromatic N) is 3. The lowest BCUT2D eigenvalue weighted by Crippen LogP contribution is -2.12. The molecular formula is C15H16N4. The summed E-state index contributed by atoms with van der Waals surface area (Å²) in [5, 5.41) is 3.31. The van der Waals surface area contributed by atoms with Gasteiger partial charge in [0.15, 0.2) is 0 Å². The first kappa shape index (κ1) is 11.9. The summed E-state index contributed by atoms with van der Waals surface area (Å²) >= 11 is 0. The van der Waals surface area contributed by atoms with E-state index in [1.165, 1.54) is 5.56 Å². The number of imidazole rings is 1. The Labute approximate surface area is 112 Å². The van der Waals surface area contributed by atoms with E-state index in [0.717, 1.165) is 29.8 Å². The maximum absolute atomic E-state index is 4.41. The highest BCUT2D eigenvalue weighted by Gasteiger charge is 2.04. The Balaban J connectivity index is 2.01. The molecule has 96 valence electrons. The number of hydrogen-bond acceptors (Lipinski definition) is 3. The highest BCUT2D eigenvalue weighted by Crippen LogP contribution is 2.17. The van der Waals surface area contributed by atoms with Crippen LogP contribution in [0.3, 0.4) is 0 Å². The lowest BCUT2D eigenvalue weighted by atomic mass is 10.2. The Bertz CT molecular complexity index is 687. The Hall–Kier alpha value is -2.20. The van der Waals surface area contributed by atoms with Crippen molar-refractivity contribution in [3.05, 3.63) is 54.6 Å². The standard InChI is InChI=1S/C15H16N4/c1-2-16-8-12-7-13(10-17-9-12)19-11-18-14-5-3-4-6-15(14)19/h3-7,9-11,16H,2,8H2,1H3. The summed E-state index contributed by atoms with van der Waals surface area (Å²) in [6.45, 7) is 3.89. The van der Waals surface area contributed by atoms with E-state index in [9.17, 15) is 0 Å². The lowest BCUT2D eigenvalue weighted by molar-refractivity contribution is 0.723. The van der Waals surface area contributed by atoms with Gasteiger partial charge in [0.1, 0.15) is 6.33 Å². The molecule has 0 unspecified atom stereocenters. The second kappa shape index (κ2) is 5.20. The number of pyridine rings is 1. The van der Waals surface area contributed by atoms with E-state index < -0.39 is 0 Å². The van der Waals surface area contributed by atoms with E-state index in [1.807, 2.05) is 36.9 Å². The van der Waals surface area contributed by atoms with E-state index in [-0.39, 0.29) is 0 Å². The molecule has 0 saturated heterocycles. The zero-order valence-electron chi connectivity index (χ0n) is 10.9. The molecule has 0 aliphatic carbocycles. The van der Waals surface area contributed by atoms with Crippen molar-refractivity contribution >= 4 is 11.0 Å². The van der Waals surface area contributed by atoms with Crippen molar-refractivity contribution in [2.75, 3.05) is 6.54 Å². The number of hydrogen-bond donors (Lipinski definition) is 1. The number of fused-ring (bicyclic) bond motifs is 1. The average molecular weight is 252 g/mol. The van der Waals surface area contributed by atoms with E-state index in [0.29, 0.717) is 0 Å². The van der Waals surface area contributed by atoms with Crippen molar-refractivity contribution in [1.82, 2.24) is 19.9 Å². The summed E-state index contributed by atoms with van der Waals surface area (Å²) in [6, 6.07) is 10.3. The van der Waals surface area contributed by atoms with Gasteiger partial charge in [0, 0.05) is 12.7 Å². The van der Waals surface area contributed by atoms with Gasteiger partial charge in [0.05, 0.1) is 22.9 Å². The second-order valence-corrected chi connectivity index (χ2v) is 4.44. The van der Waals surface area contributed by atoms with Crippen LogP contribution in [0.25, 0.3) is 16.7 Å². The van der Waals surface area contributed by atoms with Gasteiger partial charge in [-0.2, -0.15) is 0 Å². The first-order valence-corrected chi connectivity index (χ1v) is 6.45. The van der Waals surface area contributed by atoms with Gasteiger partial charge < -0.3 is 5.32 Å². The highest BCUT2D eigenvalue weighted by atomic mass is 15.1.